The first-order chi connectivity index (χ1) is 5.95. The van der Waals surface area contributed by atoms with Gasteiger partial charge in [-0.05, 0) is 36.9 Å². The molecule has 2 rings (SSSR count). The van der Waals surface area contributed by atoms with Crippen LogP contribution < -0.4 is 5.32 Å². The number of rotatable bonds is 1. The van der Waals surface area contributed by atoms with Crippen LogP contribution in [0.25, 0.3) is 6.08 Å². The zero-order chi connectivity index (χ0) is 8.23. The molecule has 0 aliphatic carbocycles. The van der Waals surface area contributed by atoms with E-state index in [9.17, 15) is 0 Å². The average molecular weight is 181 g/mol. The molecule has 1 saturated heterocycles. The summed E-state index contributed by atoms with van der Waals surface area (Å²) in [6.07, 6.45) is 5.81. The maximum Gasteiger partial charge on any atom is 0.0999 e. The first-order valence-electron chi connectivity index (χ1n) is 4.17. The third kappa shape index (κ3) is 1.82. The number of hydrogen-bond donors (Lipinski definition) is 1. The van der Waals surface area contributed by atoms with Gasteiger partial charge in [0, 0.05) is 17.6 Å². The highest BCUT2D eigenvalue weighted by Gasteiger charge is 2.03. The van der Waals surface area contributed by atoms with Crippen LogP contribution in [0.5, 0.6) is 0 Å². The van der Waals surface area contributed by atoms with Crippen molar-refractivity contribution in [3.05, 3.63) is 16.8 Å². The normalized spacial score (nSPS) is 20.8. The predicted octanol–water partition coefficient (Wildman–Crippen LogP) is 1.65. The van der Waals surface area contributed by atoms with Crippen molar-refractivity contribution in [3.8, 4) is 0 Å². The Morgan fingerprint density at radius 2 is 2.50 bits per heavy atom. The molecule has 2 heterocycles. The minimum Gasteiger partial charge on any atom is -0.388 e. The minimum atomic E-state index is 0.976. The molecule has 12 heavy (non-hydrogen) atoms. The second-order valence-electron chi connectivity index (χ2n) is 2.88. The summed E-state index contributed by atoms with van der Waals surface area (Å²) in [5, 5.41) is 9.28. The SMILES string of the molecule is C(=C1CCCCN1)c1csnn1. The number of piperidine rings is 1. The molecule has 1 aliphatic heterocycles. The molecule has 1 aliphatic rings. The lowest BCUT2D eigenvalue weighted by molar-refractivity contribution is 0.592. The van der Waals surface area contributed by atoms with E-state index in [0.717, 1.165) is 18.7 Å². The van der Waals surface area contributed by atoms with Gasteiger partial charge in [0.05, 0.1) is 5.69 Å². The summed E-state index contributed by atoms with van der Waals surface area (Å²) in [4.78, 5) is 0. The van der Waals surface area contributed by atoms with E-state index in [1.54, 1.807) is 0 Å². The topological polar surface area (TPSA) is 37.8 Å². The van der Waals surface area contributed by atoms with Crippen LogP contribution in [0.3, 0.4) is 0 Å². The number of aromatic nitrogens is 2. The van der Waals surface area contributed by atoms with E-state index in [-0.39, 0.29) is 0 Å². The standard InChI is InChI=1S/C8H11N3S/c1-2-4-9-7(3-1)5-8-6-12-11-10-8/h5-6,9H,1-4H2. The van der Waals surface area contributed by atoms with Crippen molar-refractivity contribution >= 4 is 17.6 Å². The average Bonchev–Trinajstić information content (AvgIpc) is 2.59. The Morgan fingerprint density at radius 1 is 1.50 bits per heavy atom. The Morgan fingerprint density at radius 3 is 3.17 bits per heavy atom. The molecule has 0 radical (unpaired) electrons. The molecule has 0 spiro atoms. The summed E-state index contributed by atoms with van der Waals surface area (Å²) >= 11 is 1.39. The largest absolute Gasteiger partial charge is 0.388 e. The van der Waals surface area contributed by atoms with Crippen molar-refractivity contribution in [3.63, 3.8) is 0 Å². The highest BCUT2D eigenvalue weighted by Crippen LogP contribution is 2.13. The fourth-order valence-corrected chi connectivity index (χ4v) is 1.73. The lowest BCUT2D eigenvalue weighted by Gasteiger charge is -2.15. The van der Waals surface area contributed by atoms with Crippen LogP contribution in [0, 0.1) is 0 Å². The molecular weight excluding hydrogens is 170 g/mol. The molecule has 1 aromatic heterocycles. The maximum atomic E-state index is 3.96. The van der Waals surface area contributed by atoms with Crippen LogP contribution in [0.2, 0.25) is 0 Å². The molecule has 1 N–H and O–H groups in total. The molecule has 0 bridgehead atoms. The van der Waals surface area contributed by atoms with Gasteiger partial charge in [-0.15, -0.1) is 5.10 Å². The third-order valence-corrected chi connectivity index (χ3v) is 2.45. The molecule has 1 fully saturated rings. The minimum absolute atomic E-state index is 0.976. The van der Waals surface area contributed by atoms with Gasteiger partial charge in [-0.2, -0.15) is 0 Å². The summed E-state index contributed by atoms with van der Waals surface area (Å²) in [5.41, 5.74) is 2.28. The Labute approximate surface area is 75.7 Å². The molecule has 0 saturated carbocycles. The van der Waals surface area contributed by atoms with Gasteiger partial charge in [-0.3, -0.25) is 0 Å². The third-order valence-electron chi connectivity index (χ3n) is 1.92. The van der Waals surface area contributed by atoms with Crippen LogP contribution >= 0.6 is 11.5 Å². The fourth-order valence-electron chi connectivity index (χ4n) is 1.31. The molecule has 0 unspecified atom stereocenters. The van der Waals surface area contributed by atoms with Crippen molar-refractivity contribution in [2.24, 2.45) is 0 Å². The number of nitrogens with zero attached hydrogens (tertiary/aromatic N) is 2. The lowest BCUT2D eigenvalue weighted by atomic mass is 10.1. The predicted molar refractivity (Wildman–Crippen MR) is 49.7 cm³/mol. The summed E-state index contributed by atoms with van der Waals surface area (Å²) < 4.78 is 3.81. The molecule has 0 aromatic carbocycles. The van der Waals surface area contributed by atoms with Crippen molar-refractivity contribution in [2.45, 2.75) is 19.3 Å². The van der Waals surface area contributed by atoms with E-state index in [2.05, 4.69) is 21.0 Å². The smallest absolute Gasteiger partial charge is 0.0999 e. The second-order valence-corrected chi connectivity index (χ2v) is 3.49. The lowest BCUT2D eigenvalue weighted by Crippen LogP contribution is -2.19. The van der Waals surface area contributed by atoms with Gasteiger partial charge in [0.25, 0.3) is 0 Å². The molecule has 3 nitrogen and oxygen atoms in total. The van der Waals surface area contributed by atoms with Crippen molar-refractivity contribution < 1.29 is 0 Å². The summed E-state index contributed by atoms with van der Waals surface area (Å²) in [6, 6.07) is 0. The summed E-state index contributed by atoms with van der Waals surface area (Å²) in [6.45, 7) is 1.10. The quantitative estimate of drug-likeness (QED) is 0.716. The van der Waals surface area contributed by atoms with Crippen molar-refractivity contribution in [2.75, 3.05) is 6.54 Å². The Kier molecular flexibility index (Phi) is 2.36. The van der Waals surface area contributed by atoms with Crippen LogP contribution in [0.4, 0.5) is 0 Å². The number of nitrogens with one attached hydrogen (secondary N) is 1. The van der Waals surface area contributed by atoms with E-state index >= 15 is 0 Å². The van der Waals surface area contributed by atoms with Gasteiger partial charge in [-0.25, -0.2) is 0 Å². The van der Waals surface area contributed by atoms with Gasteiger partial charge in [0.15, 0.2) is 0 Å². The Hall–Kier alpha value is -0.900. The van der Waals surface area contributed by atoms with Gasteiger partial charge in [0.2, 0.25) is 0 Å². The Bertz CT molecular complexity index is 258. The van der Waals surface area contributed by atoms with Gasteiger partial charge in [-0.1, -0.05) is 4.49 Å². The van der Waals surface area contributed by atoms with Gasteiger partial charge >= 0.3 is 0 Å². The highest BCUT2D eigenvalue weighted by atomic mass is 32.1. The van der Waals surface area contributed by atoms with E-state index in [0.29, 0.717) is 0 Å². The highest BCUT2D eigenvalue weighted by molar-refractivity contribution is 7.03. The molecule has 0 atom stereocenters. The molecule has 1 aromatic rings. The maximum absolute atomic E-state index is 3.96. The molecule has 0 amide bonds. The first kappa shape index (κ1) is 7.73. The van der Waals surface area contributed by atoms with Crippen LogP contribution in [-0.2, 0) is 0 Å². The zero-order valence-electron chi connectivity index (χ0n) is 6.79. The summed E-state index contributed by atoms with van der Waals surface area (Å²) in [5.74, 6) is 0. The molecule has 4 heteroatoms. The van der Waals surface area contributed by atoms with Crippen molar-refractivity contribution in [1.82, 2.24) is 14.9 Å². The van der Waals surface area contributed by atoms with E-state index < -0.39 is 0 Å². The first-order valence-corrected chi connectivity index (χ1v) is 5.00. The van der Waals surface area contributed by atoms with Crippen molar-refractivity contribution in [1.29, 1.82) is 0 Å². The Balaban J connectivity index is 2.07. The molecule has 64 valence electrons. The van der Waals surface area contributed by atoms with Crippen LogP contribution in [0.15, 0.2) is 11.1 Å². The van der Waals surface area contributed by atoms with E-state index in [1.807, 2.05) is 5.38 Å². The second kappa shape index (κ2) is 3.67. The number of hydrogen-bond acceptors (Lipinski definition) is 4. The monoisotopic (exact) mass is 181 g/mol. The van der Waals surface area contributed by atoms with E-state index in [4.69, 9.17) is 0 Å². The zero-order valence-corrected chi connectivity index (χ0v) is 7.60. The van der Waals surface area contributed by atoms with Gasteiger partial charge in [0.1, 0.15) is 0 Å². The van der Waals surface area contributed by atoms with Gasteiger partial charge < -0.3 is 5.32 Å². The summed E-state index contributed by atoms with van der Waals surface area (Å²) in [7, 11) is 0. The van der Waals surface area contributed by atoms with Crippen LogP contribution in [0.1, 0.15) is 25.0 Å². The van der Waals surface area contributed by atoms with E-state index in [1.165, 1.54) is 30.1 Å². The number of allylic oxidation sites excluding steroid dienone is 1. The van der Waals surface area contributed by atoms with Crippen LogP contribution in [-0.4, -0.2) is 16.1 Å². The molecular formula is C8H11N3S. The fraction of sp³-hybridized carbons (Fsp3) is 0.500.